The van der Waals surface area contributed by atoms with Crippen molar-refractivity contribution in [1.29, 1.82) is 0 Å². The first-order valence-electron chi connectivity index (χ1n) is 9.07. The Balaban J connectivity index is 1.64. The second-order valence-electron chi connectivity index (χ2n) is 6.56. The maximum absolute atomic E-state index is 12.7. The highest BCUT2D eigenvalue weighted by Crippen LogP contribution is 2.25. The second-order valence-corrected chi connectivity index (χ2v) is 6.56. The monoisotopic (exact) mass is 351 g/mol. The van der Waals surface area contributed by atoms with Crippen LogP contribution in [0.1, 0.15) is 31.9 Å². The fourth-order valence-corrected chi connectivity index (χ4v) is 3.42. The normalized spacial score (nSPS) is 17.8. The Labute approximate surface area is 154 Å². The zero-order valence-electron chi connectivity index (χ0n) is 15.3. The first-order valence-corrected chi connectivity index (χ1v) is 9.07. The number of carbonyl (C=O) groups excluding carboxylic acids is 2. The lowest BCUT2D eigenvalue weighted by Gasteiger charge is -2.26. The molecule has 3 amide bonds. The molecule has 1 saturated heterocycles. The highest BCUT2D eigenvalue weighted by Gasteiger charge is 2.34. The minimum Gasteiger partial charge on any atom is -0.334 e. The Bertz CT molecular complexity index is 748. The van der Waals surface area contributed by atoms with Crippen LogP contribution in [-0.4, -0.2) is 36.0 Å². The molecule has 136 valence electrons. The molecule has 5 nitrogen and oxygen atoms in total. The Morgan fingerprint density at radius 1 is 1.15 bits per heavy atom. The maximum atomic E-state index is 12.7. The van der Waals surface area contributed by atoms with Crippen LogP contribution in [0.15, 0.2) is 60.7 Å². The minimum atomic E-state index is -0.168. The molecule has 0 aliphatic carbocycles. The summed E-state index contributed by atoms with van der Waals surface area (Å²) in [5, 5.41) is 3.02. The van der Waals surface area contributed by atoms with Crippen molar-refractivity contribution >= 4 is 17.6 Å². The van der Waals surface area contributed by atoms with Gasteiger partial charge in [-0.2, -0.15) is 0 Å². The van der Waals surface area contributed by atoms with Gasteiger partial charge < -0.3 is 10.2 Å². The summed E-state index contributed by atoms with van der Waals surface area (Å²) in [5.41, 5.74) is 1.96. The summed E-state index contributed by atoms with van der Waals surface area (Å²) in [6.45, 7) is 5.07. The van der Waals surface area contributed by atoms with E-state index in [-0.39, 0.29) is 24.0 Å². The first kappa shape index (κ1) is 18.0. The van der Waals surface area contributed by atoms with Gasteiger partial charge in [-0.05, 0) is 31.5 Å². The SMILES string of the molecule is CCN(C(=O)NC1CC(=O)N(C(C)c2ccccc2)C1)c1ccccc1. The summed E-state index contributed by atoms with van der Waals surface area (Å²) >= 11 is 0. The number of nitrogens with one attached hydrogen (secondary N) is 1. The van der Waals surface area contributed by atoms with Crippen molar-refractivity contribution < 1.29 is 9.59 Å². The Morgan fingerprint density at radius 2 is 1.77 bits per heavy atom. The number of urea groups is 1. The molecular weight excluding hydrogens is 326 g/mol. The van der Waals surface area contributed by atoms with E-state index in [0.29, 0.717) is 19.5 Å². The number of anilines is 1. The zero-order valence-corrected chi connectivity index (χ0v) is 15.3. The minimum absolute atomic E-state index is 0.00186. The van der Waals surface area contributed by atoms with E-state index in [4.69, 9.17) is 0 Å². The molecule has 0 saturated carbocycles. The summed E-state index contributed by atoms with van der Waals surface area (Å²) in [7, 11) is 0. The van der Waals surface area contributed by atoms with E-state index in [0.717, 1.165) is 11.3 Å². The molecule has 1 aliphatic rings. The summed E-state index contributed by atoms with van der Waals surface area (Å²) in [5.74, 6) is 0.0782. The number of carbonyl (C=O) groups is 2. The summed E-state index contributed by atoms with van der Waals surface area (Å²) in [4.78, 5) is 28.7. The smallest absolute Gasteiger partial charge is 0.322 e. The van der Waals surface area contributed by atoms with Gasteiger partial charge in [-0.1, -0.05) is 48.5 Å². The van der Waals surface area contributed by atoms with Gasteiger partial charge >= 0.3 is 6.03 Å². The summed E-state index contributed by atoms with van der Waals surface area (Å²) in [6.07, 6.45) is 0.343. The van der Waals surface area contributed by atoms with Gasteiger partial charge in [0.05, 0.1) is 12.1 Å². The van der Waals surface area contributed by atoms with E-state index in [1.54, 1.807) is 4.90 Å². The lowest BCUT2D eigenvalue weighted by Crippen LogP contribution is -2.46. The van der Waals surface area contributed by atoms with Crippen LogP contribution in [0, 0.1) is 0 Å². The van der Waals surface area contributed by atoms with Crippen molar-refractivity contribution in [1.82, 2.24) is 10.2 Å². The lowest BCUT2D eigenvalue weighted by atomic mass is 10.1. The molecule has 0 radical (unpaired) electrons. The predicted octanol–water partition coefficient (Wildman–Crippen LogP) is 3.58. The van der Waals surface area contributed by atoms with E-state index in [9.17, 15) is 9.59 Å². The van der Waals surface area contributed by atoms with Crippen molar-refractivity contribution in [3.8, 4) is 0 Å². The van der Waals surface area contributed by atoms with Gasteiger partial charge in [0, 0.05) is 25.2 Å². The number of benzene rings is 2. The summed E-state index contributed by atoms with van der Waals surface area (Å²) < 4.78 is 0. The van der Waals surface area contributed by atoms with Gasteiger partial charge in [0.1, 0.15) is 0 Å². The Hall–Kier alpha value is -2.82. The largest absolute Gasteiger partial charge is 0.334 e. The molecule has 2 unspecified atom stereocenters. The second kappa shape index (κ2) is 8.04. The molecule has 1 fully saturated rings. The highest BCUT2D eigenvalue weighted by molar-refractivity contribution is 5.92. The van der Waals surface area contributed by atoms with E-state index in [1.165, 1.54) is 0 Å². The van der Waals surface area contributed by atoms with Crippen molar-refractivity contribution in [2.24, 2.45) is 0 Å². The number of para-hydroxylation sites is 1. The van der Waals surface area contributed by atoms with E-state index in [1.807, 2.05) is 79.4 Å². The van der Waals surface area contributed by atoms with Gasteiger partial charge in [-0.25, -0.2) is 4.79 Å². The fraction of sp³-hybridized carbons (Fsp3) is 0.333. The van der Waals surface area contributed by atoms with Gasteiger partial charge in [0.15, 0.2) is 0 Å². The number of hydrogen-bond donors (Lipinski definition) is 1. The standard InChI is InChI=1S/C21H25N3O2/c1-3-23(19-12-8-5-9-13-19)21(26)22-18-14-20(25)24(15-18)16(2)17-10-6-4-7-11-17/h4-13,16,18H,3,14-15H2,1-2H3,(H,22,26). The van der Waals surface area contributed by atoms with E-state index in [2.05, 4.69) is 5.32 Å². The van der Waals surface area contributed by atoms with Crippen LogP contribution in [0.5, 0.6) is 0 Å². The lowest BCUT2D eigenvalue weighted by molar-refractivity contribution is -0.129. The number of hydrogen-bond acceptors (Lipinski definition) is 2. The third kappa shape index (κ3) is 3.87. The molecule has 0 aromatic heterocycles. The number of amides is 3. The van der Waals surface area contributed by atoms with Gasteiger partial charge in [-0.15, -0.1) is 0 Å². The highest BCUT2D eigenvalue weighted by atomic mass is 16.2. The molecular formula is C21H25N3O2. The van der Waals surface area contributed by atoms with Crippen LogP contribution in [0.4, 0.5) is 10.5 Å². The molecule has 26 heavy (non-hydrogen) atoms. The van der Waals surface area contributed by atoms with Crippen molar-refractivity contribution in [3.63, 3.8) is 0 Å². The van der Waals surface area contributed by atoms with Gasteiger partial charge in [-0.3, -0.25) is 9.69 Å². The molecule has 2 aromatic rings. The molecule has 0 bridgehead atoms. The third-order valence-electron chi connectivity index (χ3n) is 4.86. The van der Waals surface area contributed by atoms with Crippen molar-refractivity contribution in [3.05, 3.63) is 66.2 Å². The van der Waals surface area contributed by atoms with E-state index < -0.39 is 0 Å². The molecule has 1 N–H and O–H groups in total. The molecule has 1 aliphatic heterocycles. The molecule has 2 aromatic carbocycles. The average molecular weight is 351 g/mol. The van der Waals surface area contributed by atoms with Crippen molar-refractivity contribution in [2.75, 3.05) is 18.0 Å². The Kier molecular flexibility index (Phi) is 5.56. The van der Waals surface area contributed by atoms with Crippen LogP contribution in [0.2, 0.25) is 0 Å². The van der Waals surface area contributed by atoms with Gasteiger partial charge in [0.25, 0.3) is 0 Å². The number of nitrogens with zero attached hydrogens (tertiary/aromatic N) is 2. The zero-order chi connectivity index (χ0) is 18.5. The van der Waals surface area contributed by atoms with Gasteiger partial charge in [0.2, 0.25) is 5.91 Å². The van der Waals surface area contributed by atoms with Crippen LogP contribution >= 0.6 is 0 Å². The number of rotatable bonds is 5. The van der Waals surface area contributed by atoms with Crippen molar-refractivity contribution in [2.45, 2.75) is 32.4 Å². The molecule has 5 heteroatoms. The first-order chi connectivity index (χ1) is 12.6. The van der Waals surface area contributed by atoms with E-state index >= 15 is 0 Å². The van der Waals surface area contributed by atoms with Crippen LogP contribution in [0.25, 0.3) is 0 Å². The fourth-order valence-electron chi connectivity index (χ4n) is 3.42. The third-order valence-corrected chi connectivity index (χ3v) is 4.86. The maximum Gasteiger partial charge on any atom is 0.322 e. The van der Waals surface area contributed by atoms with Crippen LogP contribution in [-0.2, 0) is 4.79 Å². The molecule has 3 rings (SSSR count). The molecule has 1 heterocycles. The van der Waals surface area contributed by atoms with Crippen LogP contribution in [0.3, 0.4) is 0 Å². The predicted molar refractivity (Wildman–Crippen MR) is 103 cm³/mol. The van der Waals surface area contributed by atoms with Crippen LogP contribution < -0.4 is 10.2 Å². The average Bonchev–Trinajstić information content (AvgIpc) is 3.03. The summed E-state index contributed by atoms with van der Waals surface area (Å²) in [6, 6.07) is 19.2. The topological polar surface area (TPSA) is 52.7 Å². The quantitative estimate of drug-likeness (QED) is 0.895. The Morgan fingerprint density at radius 3 is 2.38 bits per heavy atom. The number of likely N-dealkylation sites (tertiary alicyclic amines) is 1. The molecule has 2 atom stereocenters. The molecule has 0 spiro atoms.